The van der Waals surface area contributed by atoms with Gasteiger partial charge in [-0.3, -0.25) is 4.79 Å². The van der Waals surface area contributed by atoms with Crippen LogP contribution >= 0.6 is 11.5 Å². The Bertz CT molecular complexity index is 457. The number of carbonyl (C=O) groups is 1. The summed E-state index contributed by atoms with van der Waals surface area (Å²) < 4.78 is 9.11. The predicted octanol–water partition coefficient (Wildman–Crippen LogP) is 2.71. The quantitative estimate of drug-likeness (QED) is 0.759. The molecule has 0 unspecified atom stereocenters. The second-order valence-electron chi connectivity index (χ2n) is 5.15. The molecule has 5 heteroatoms. The van der Waals surface area contributed by atoms with E-state index in [0.29, 0.717) is 11.5 Å². The molecule has 1 aliphatic rings. The Balaban J connectivity index is 2.31. The van der Waals surface area contributed by atoms with Crippen LogP contribution in [0.25, 0.3) is 0 Å². The molecule has 0 N–H and O–H groups in total. The Kier molecular flexibility index (Phi) is 3.28. The molecular weight excluding hydrogens is 236 g/mol. The average molecular weight is 252 g/mol. The van der Waals surface area contributed by atoms with E-state index in [0.717, 1.165) is 24.1 Å². The molecule has 92 valence electrons. The molecule has 0 atom stereocenters. The van der Waals surface area contributed by atoms with E-state index in [2.05, 4.69) is 9.59 Å². The van der Waals surface area contributed by atoms with E-state index in [1.807, 2.05) is 20.8 Å². The molecule has 0 saturated carbocycles. The van der Waals surface area contributed by atoms with Gasteiger partial charge in [0.1, 0.15) is 4.88 Å². The van der Waals surface area contributed by atoms with E-state index in [1.165, 1.54) is 11.5 Å². The average Bonchev–Trinajstić information content (AvgIpc) is 2.78. The van der Waals surface area contributed by atoms with Crippen LogP contribution in [0.1, 0.15) is 49.0 Å². The molecular formula is C12H16N2O2S. The molecule has 0 radical (unpaired) electrons. The fraction of sp³-hybridized carbons (Fsp3) is 0.583. The summed E-state index contributed by atoms with van der Waals surface area (Å²) >= 11 is 1.17. The van der Waals surface area contributed by atoms with E-state index >= 15 is 0 Å². The van der Waals surface area contributed by atoms with Gasteiger partial charge in [0, 0.05) is 11.0 Å². The van der Waals surface area contributed by atoms with Gasteiger partial charge in [-0.05, 0) is 24.4 Å². The first-order chi connectivity index (χ1) is 8.00. The fourth-order valence-electron chi connectivity index (χ4n) is 1.71. The van der Waals surface area contributed by atoms with Crippen LogP contribution in [0.5, 0.6) is 0 Å². The lowest BCUT2D eigenvalue weighted by molar-refractivity contribution is 0.101. The van der Waals surface area contributed by atoms with Crippen molar-refractivity contribution in [3.05, 3.63) is 22.4 Å². The topological polar surface area (TPSA) is 52.1 Å². The Labute approximate surface area is 105 Å². The highest BCUT2D eigenvalue weighted by Crippen LogP contribution is 2.29. The molecule has 0 saturated heterocycles. The molecule has 17 heavy (non-hydrogen) atoms. The van der Waals surface area contributed by atoms with Crippen molar-refractivity contribution in [3.63, 3.8) is 0 Å². The summed E-state index contributed by atoms with van der Waals surface area (Å²) in [5.74, 6) is 0.0182. The lowest BCUT2D eigenvalue weighted by Crippen LogP contribution is -2.18. The monoisotopic (exact) mass is 252 g/mol. The molecule has 4 nitrogen and oxygen atoms in total. The highest BCUT2D eigenvalue weighted by atomic mass is 32.1. The maximum atomic E-state index is 12.3. The number of ether oxygens (including phenoxy) is 1. The molecule has 2 rings (SSSR count). The molecule has 1 aromatic rings. The standard InChI is InChI=1S/C12H16N2O2S/c1-12(2,3)11-10(17-14-13-11)9(15)8-5-4-6-16-7-8/h7H,4-6H2,1-3H3. The first-order valence-corrected chi connectivity index (χ1v) is 6.45. The summed E-state index contributed by atoms with van der Waals surface area (Å²) in [6, 6.07) is 0. The number of carbonyl (C=O) groups excluding carboxylic acids is 1. The number of ketones is 1. The van der Waals surface area contributed by atoms with E-state index in [4.69, 9.17) is 4.74 Å². The number of nitrogens with zero attached hydrogens (tertiary/aromatic N) is 2. The van der Waals surface area contributed by atoms with Crippen molar-refractivity contribution in [1.29, 1.82) is 0 Å². The molecule has 0 aliphatic carbocycles. The molecule has 0 spiro atoms. The third-order valence-electron chi connectivity index (χ3n) is 2.63. The fourth-order valence-corrected chi connectivity index (χ4v) is 2.56. The van der Waals surface area contributed by atoms with E-state index in [1.54, 1.807) is 6.26 Å². The van der Waals surface area contributed by atoms with Gasteiger partial charge in [-0.2, -0.15) is 0 Å². The van der Waals surface area contributed by atoms with Gasteiger partial charge in [0.2, 0.25) is 5.78 Å². The summed E-state index contributed by atoms with van der Waals surface area (Å²) in [4.78, 5) is 13.0. The van der Waals surface area contributed by atoms with Crippen LogP contribution in [0.3, 0.4) is 0 Å². The maximum Gasteiger partial charge on any atom is 0.205 e. The van der Waals surface area contributed by atoms with Crippen LogP contribution in [0.15, 0.2) is 11.8 Å². The van der Waals surface area contributed by atoms with E-state index < -0.39 is 0 Å². The van der Waals surface area contributed by atoms with Crippen molar-refractivity contribution in [2.75, 3.05) is 6.61 Å². The molecule has 2 heterocycles. The number of allylic oxidation sites excluding steroid dienone is 1. The number of hydrogen-bond donors (Lipinski definition) is 0. The molecule has 0 amide bonds. The van der Waals surface area contributed by atoms with Crippen LogP contribution in [0.4, 0.5) is 0 Å². The summed E-state index contributed by atoms with van der Waals surface area (Å²) in [7, 11) is 0. The van der Waals surface area contributed by atoms with Crippen molar-refractivity contribution < 1.29 is 9.53 Å². The second-order valence-corrected chi connectivity index (χ2v) is 5.90. The van der Waals surface area contributed by atoms with Crippen molar-refractivity contribution in [2.45, 2.75) is 39.0 Å². The number of aromatic nitrogens is 2. The summed E-state index contributed by atoms with van der Waals surface area (Å²) in [5, 5.41) is 4.08. The van der Waals surface area contributed by atoms with Gasteiger partial charge in [-0.25, -0.2) is 0 Å². The van der Waals surface area contributed by atoms with Gasteiger partial charge in [-0.1, -0.05) is 25.3 Å². The maximum absolute atomic E-state index is 12.3. The largest absolute Gasteiger partial charge is 0.501 e. The number of Topliss-reactive ketones (excluding diaryl/α,β-unsaturated/α-hetero) is 1. The summed E-state index contributed by atoms with van der Waals surface area (Å²) in [6.07, 6.45) is 3.26. The minimum absolute atomic E-state index is 0.0182. The van der Waals surface area contributed by atoms with Crippen molar-refractivity contribution >= 4 is 17.3 Å². The smallest absolute Gasteiger partial charge is 0.205 e. The zero-order chi connectivity index (χ0) is 12.5. The molecule has 1 aromatic heterocycles. The second kappa shape index (κ2) is 4.56. The minimum atomic E-state index is -0.159. The molecule has 0 fully saturated rings. The molecule has 0 aromatic carbocycles. The highest BCUT2D eigenvalue weighted by molar-refractivity contribution is 7.08. The Morgan fingerprint density at radius 2 is 2.24 bits per heavy atom. The SMILES string of the molecule is CC(C)(C)c1nnsc1C(=O)C1=COCCC1. The Morgan fingerprint density at radius 1 is 1.47 bits per heavy atom. The van der Waals surface area contributed by atoms with Gasteiger partial charge in [0.25, 0.3) is 0 Å². The van der Waals surface area contributed by atoms with Crippen molar-refractivity contribution in [1.82, 2.24) is 9.59 Å². The van der Waals surface area contributed by atoms with Gasteiger partial charge in [-0.15, -0.1) is 5.10 Å². The van der Waals surface area contributed by atoms with Crippen LogP contribution in [0, 0.1) is 0 Å². The van der Waals surface area contributed by atoms with Gasteiger partial charge in [0.05, 0.1) is 18.6 Å². The van der Waals surface area contributed by atoms with Gasteiger partial charge >= 0.3 is 0 Å². The molecule has 0 bridgehead atoms. The predicted molar refractivity (Wildman–Crippen MR) is 66.2 cm³/mol. The van der Waals surface area contributed by atoms with E-state index in [9.17, 15) is 4.79 Å². The third-order valence-corrected chi connectivity index (χ3v) is 3.35. The van der Waals surface area contributed by atoms with Crippen molar-refractivity contribution in [2.24, 2.45) is 0 Å². The number of hydrogen-bond acceptors (Lipinski definition) is 5. The minimum Gasteiger partial charge on any atom is -0.501 e. The number of rotatable bonds is 2. The molecule has 1 aliphatic heterocycles. The third kappa shape index (κ3) is 2.54. The van der Waals surface area contributed by atoms with Crippen LogP contribution in [-0.2, 0) is 10.2 Å². The Morgan fingerprint density at radius 3 is 2.82 bits per heavy atom. The first kappa shape index (κ1) is 12.2. The van der Waals surface area contributed by atoms with Crippen molar-refractivity contribution in [3.8, 4) is 0 Å². The highest BCUT2D eigenvalue weighted by Gasteiger charge is 2.28. The van der Waals surface area contributed by atoms with E-state index in [-0.39, 0.29) is 11.2 Å². The lowest BCUT2D eigenvalue weighted by atomic mass is 9.89. The Hall–Kier alpha value is -1.23. The summed E-state index contributed by atoms with van der Waals surface area (Å²) in [5.41, 5.74) is 1.35. The zero-order valence-electron chi connectivity index (χ0n) is 10.3. The summed E-state index contributed by atoms with van der Waals surface area (Å²) in [6.45, 7) is 6.80. The van der Waals surface area contributed by atoms with Crippen LogP contribution in [-0.4, -0.2) is 22.0 Å². The first-order valence-electron chi connectivity index (χ1n) is 5.68. The van der Waals surface area contributed by atoms with Gasteiger partial charge < -0.3 is 4.74 Å². The van der Waals surface area contributed by atoms with Gasteiger partial charge in [0.15, 0.2) is 0 Å². The normalized spacial score (nSPS) is 16.3. The zero-order valence-corrected chi connectivity index (χ0v) is 11.1. The van der Waals surface area contributed by atoms with Crippen LogP contribution < -0.4 is 0 Å². The van der Waals surface area contributed by atoms with Crippen LogP contribution in [0.2, 0.25) is 0 Å². The lowest BCUT2D eigenvalue weighted by Gasteiger charge is -2.17.